The molecule has 0 aliphatic rings. The third kappa shape index (κ3) is 3.99. The van der Waals surface area contributed by atoms with Crippen molar-refractivity contribution < 1.29 is 9.59 Å². The van der Waals surface area contributed by atoms with Crippen molar-refractivity contribution >= 4 is 29.0 Å². The molecule has 0 bridgehead atoms. The van der Waals surface area contributed by atoms with Crippen LogP contribution in [0.3, 0.4) is 0 Å². The maximum atomic E-state index is 12.2. The molecule has 2 amide bonds. The van der Waals surface area contributed by atoms with Gasteiger partial charge >= 0.3 is 0 Å². The summed E-state index contributed by atoms with van der Waals surface area (Å²) in [6.07, 6.45) is 0. The van der Waals surface area contributed by atoms with E-state index < -0.39 is 5.91 Å². The van der Waals surface area contributed by atoms with Crippen LogP contribution in [0.5, 0.6) is 0 Å². The molecule has 0 spiro atoms. The molecule has 0 aliphatic carbocycles. The molecule has 2 aromatic carbocycles. The van der Waals surface area contributed by atoms with Gasteiger partial charge in [0.05, 0.1) is 0 Å². The van der Waals surface area contributed by atoms with Gasteiger partial charge in [-0.05, 0) is 24.3 Å². The number of amides is 2. The number of nitrogens with one attached hydrogen (secondary N) is 2. The lowest BCUT2D eigenvalue weighted by atomic mass is 10.3. The van der Waals surface area contributed by atoms with Gasteiger partial charge in [0, 0.05) is 11.4 Å². The Bertz CT molecular complexity index is 877. The van der Waals surface area contributed by atoms with E-state index in [9.17, 15) is 9.59 Å². The lowest BCUT2D eigenvalue weighted by Gasteiger charge is -2.06. The summed E-state index contributed by atoms with van der Waals surface area (Å²) >= 11 is 0. The van der Waals surface area contributed by atoms with Crippen LogP contribution in [0.25, 0.3) is 0 Å². The quantitative estimate of drug-likeness (QED) is 0.656. The average molecular weight is 336 g/mol. The van der Waals surface area contributed by atoms with Crippen molar-refractivity contribution in [1.29, 1.82) is 0 Å². The molecule has 3 rings (SSSR count). The second kappa shape index (κ2) is 7.26. The zero-order valence-electron chi connectivity index (χ0n) is 13.2. The Kier molecular flexibility index (Phi) is 4.70. The van der Waals surface area contributed by atoms with Crippen LogP contribution in [-0.4, -0.2) is 26.8 Å². The number of nitrogens with two attached hydrogens (primary N) is 1. The fraction of sp³-hybridized carbons (Fsp3) is 0.0588. The van der Waals surface area contributed by atoms with Crippen molar-refractivity contribution in [1.82, 2.24) is 15.0 Å². The zero-order chi connectivity index (χ0) is 17.6. The zero-order valence-corrected chi connectivity index (χ0v) is 13.2. The van der Waals surface area contributed by atoms with Gasteiger partial charge in [0.25, 0.3) is 5.91 Å². The Labute approximate surface area is 143 Å². The number of hydrogen-bond donors (Lipinski definition) is 3. The van der Waals surface area contributed by atoms with E-state index in [4.69, 9.17) is 5.73 Å². The van der Waals surface area contributed by atoms with Crippen molar-refractivity contribution in [3.8, 4) is 0 Å². The van der Waals surface area contributed by atoms with E-state index in [0.717, 1.165) is 0 Å². The van der Waals surface area contributed by atoms with Gasteiger partial charge < -0.3 is 16.4 Å². The first kappa shape index (κ1) is 16.2. The largest absolute Gasteiger partial charge is 0.382 e. The van der Waals surface area contributed by atoms with E-state index in [-0.39, 0.29) is 24.0 Å². The van der Waals surface area contributed by atoms with Gasteiger partial charge in [-0.25, -0.2) is 4.68 Å². The van der Waals surface area contributed by atoms with Crippen LogP contribution in [0.4, 0.5) is 17.2 Å². The first-order chi connectivity index (χ1) is 12.1. The predicted octanol–water partition coefficient (Wildman–Crippen LogP) is 1.75. The Hall–Kier alpha value is -3.68. The maximum absolute atomic E-state index is 12.2. The van der Waals surface area contributed by atoms with Crippen molar-refractivity contribution in [2.24, 2.45) is 0 Å². The summed E-state index contributed by atoms with van der Waals surface area (Å²) < 4.78 is 1.18. The topological polar surface area (TPSA) is 115 Å². The second-order valence-corrected chi connectivity index (χ2v) is 5.22. The molecule has 0 saturated heterocycles. The summed E-state index contributed by atoms with van der Waals surface area (Å²) in [5.41, 5.74) is 7.14. The Morgan fingerprint density at radius 3 is 2.08 bits per heavy atom. The number of anilines is 3. The van der Waals surface area contributed by atoms with Crippen LogP contribution in [0, 0.1) is 0 Å². The second-order valence-electron chi connectivity index (χ2n) is 5.22. The lowest BCUT2D eigenvalue weighted by molar-refractivity contribution is -0.116. The number of nitrogens with zero attached hydrogens (tertiary/aromatic N) is 3. The summed E-state index contributed by atoms with van der Waals surface area (Å²) in [6.45, 7) is -0.146. The molecule has 8 nitrogen and oxygen atoms in total. The van der Waals surface area contributed by atoms with Gasteiger partial charge in [0.2, 0.25) is 5.91 Å². The van der Waals surface area contributed by atoms with Crippen LogP contribution in [0.1, 0.15) is 10.5 Å². The van der Waals surface area contributed by atoms with E-state index in [2.05, 4.69) is 20.9 Å². The summed E-state index contributed by atoms with van der Waals surface area (Å²) in [6, 6.07) is 17.9. The number of aromatic nitrogens is 3. The summed E-state index contributed by atoms with van der Waals surface area (Å²) in [5, 5.41) is 12.9. The van der Waals surface area contributed by atoms with E-state index in [1.54, 1.807) is 36.4 Å². The van der Waals surface area contributed by atoms with E-state index >= 15 is 0 Å². The Morgan fingerprint density at radius 1 is 0.920 bits per heavy atom. The fourth-order valence-corrected chi connectivity index (χ4v) is 2.17. The maximum Gasteiger partial charge on any atom is 0.280 e. The van der Waals surface area contributed by atoms with Gasteiger partial charge in [-0.3, -0.25) is 9.59 Å². The van der Waals surface area contributed by atoms with Gasteiger partial charge in [0.1, 0.15) is 6.54 Å². The molecule has 1 aromatic heterocycles. The van der Waals surface area contributed by atoms with Crippen molar-refractivity contribution in [3.05, 3.63) is 66.4 Å². The molecule has 126 valence electrons. The molecular weight excluding hydrogens is 320 g/mol. The smallest absolute Gasteiger partial charge is 0.280 e. The highest BCUT2D eigenvalue weighted by molar-refractivity contribution is 6.05. The molecule has 0 saturated carbocycles. The van der Waals surface area contributed by atoms with E-state index in [1.165, 1.54) is 4.68 Å². The van der Waals surface area contributed by atoms with Crippen molar-refractivity contribution in [2.45, 2.75) is 6.54 Å². The van der Waals surface area contributed by atoms with Crippen LogP contribution in [-0.2, 0) is 11.3 Å². The van der Waals surface area contributed by atoms with Crippen molar-refractivity contribution in [2.75, 3.05) is 16.4 Å². The number of carbonyl (C=O) groups excluding carboxylic acids is 2. The van der Waals surface area contributed by atoms with Gasteiger partial charge in [-0.15, -0.1) is 5.10 Å². The molecule has 1 heterocycles. The number of rotatable bonds is 5. The molecule has 3 aromatic rings. The number of hydrogen-bond acceptors (Lipinski definition) is 5. The summed E-state index contributed by atoms with van der Waals surface area (Å²) in [7, 11) is 0. The molecule has 0 atom stereocenters. The van der Waals surface area contributed by atoms with Crippen LogP contribution in [0.15, 0.2) is 60.7 Å². The van der Waals surface area contributed by atoms with E-state index in [0.29, 0.717) is 11.4 Å². The molecule has 0 unspecified atom stereocenters. The fourth-order valence-electron chi connectivity index (χ4n) is 2.17. The Balaban J connectivity index is 1.66. The average Bonchev–Trinajstić information content (AvgIpc) is 2.97. The minimum atomic E-state index is -0.488. The summed E-state index contributed by atoms with van der Waals surface area (Å²) in [5.74, 6) is -0.784. The predicted molar refractivity (Wildman–Crippen MR) is 93.9 cm³/mol. The molecule has 0 radical (unpaired) electrons. The molecule has 8 heteroatoms. The van der Waals surface area contributed by atoms with Gasteiger partial charge in [-0.2, -0.15) is 0 Å². The third-order valence-electron chi connectivity index (χ3n) is 3.37. The first-order valence-corrected chi connectivity index (χ1v) is 7.54. The highest BCUT2D eigenvalue weighted by Gasteiger charge is 2.19. The number of benzene rings is 2. The van der Waals surface area contributed by atoms with Crippen LogP contribution < -0.4 is 16.4 Å². The minimum Gasteiger partial charge on any atom is -0.382 e. The molecule has 0 aliphatic heterocycles. The SMILES string of the molecule is Nc1c(C(=O)Nc2ccccc2)nnn1CC(=O)Nc1ccccc1. The third-order valence-corrected chi connectivity index (χ3v) is 3.37. The highest BCUT2D eigenvalue weighted by atomic mass is 16.2. The molecule has 4 N–H and O–H groups in total. The Morgan fingerprint density at radius 2 is 1.48 bits per heavy atom. The number of nitrogen functional groups attached to an aromatic ring is 1. The highest BCUT2D eigenvalue weighted by Crippen LogP contribution is 2.12. The molecule has 0 fully saturated rings. The normalized spacial score (nSPS) is 10.2. The lowest BCUT2D eigenvalue weighted by Crippen LogP contribution is -2.21. The number of carbonyl (C=O) groups is 2. The van der Waals surface area contributed by atoms with Gasteiger partial charge in [-0.1, -0.05) is 41.6 Å². The number of para-hydroxylation sites is 2. The van der Waals surface area contributed by atoms with Crippen LogP contribution in [0.2, 0.25) is 0 Å². The van der Waals surface area contributed by atoms with Crippen molar-refractivity contribution in [3.63, 3.8) is 0 Å². The standard InChI is InChI=1S/C17H16N6O2/c18-16-15(17(25)20-13-9-5-2-6-10-13)21-22-23(16)11-14(24)19-12-7-3-1-4-8-12/h1-10H,11,18H2,(H,19,24)(H,20,25). The van der Waals surface area contributed by atoms with E-state index in [1.807, 2.05) is 24.3 Å². The molecule has 25 heavy (non-hydrogen) atoms. The van der Waals surface area contributed by atoms with Crippen LogP contribution >= 0.6 is 0 Å². The minimum absolute atomic E-state index is 0.0247. The monoisotopic (exact) mass is 336 g/mol. The first-order valence-electron chi connectivity index (χ1n) is 7.54. The summed E-state index contributed by atoms with van der Waals surface area (Å²) in [4.78, 5) is 24.3. The van der Waals surface area contributed by atoms with Gasteiger partial charge in [0.15, 0.2) is 11.5 Å². The molecular formula is C17H16N6O2.